The molecule has 1 saturated heterocycles. The number of benzene rings is 1. The average Bonchev–Trinajstić information content (AvgIpc) is 2.67. The predicted octanol–water partition coefficient (Wildman–Crippen LogP) is 3.87. The third-order valence-electron chi connectivity index (χ3n) is 4.74. The molecule has 0 amide bonds. The number of hydrogen-bond donors (Lipinski definition) is 1. The predicted molar refractivity (Wildman–Crippen MR) is 108 cm³/mol. The van der Waals surface area contributed by atoms with Crippen LogP contribution in [0.1, 0.15) is 24.1 Å². The molecule has 2 aromatic rings. The lowest BCUT2D eigenvalue weighted by Crippen LogP contribution is -2.38. The van der Waals surface area contributed by atoms with Crippen molar-refractivity contribution in [2.24, 2.45) is 0 Å². The molecule has 6 nitrogen and oxygen atoms in total. The molecule has 0 unspecified atom stereocenters. The van der Waals surface area contributed by atoms with E-state index in [2.05, 4.69) is 20.2 Å². The Kier molecular flexibility index (Phi) is 7.28. The number of methoxy groups -OCH3 is 1. The molecule has 0 saturated carbocycles. The van der Waals surface area contributed by atoms with Gasteiger partial charge in [-0.2, -0.15) is 0 Å². The zero-order valence-corrected chi connectivity index (χ0v) is 17.0. The van der Waals surface area contributed by atoms with Gasteiger partial charge in [0.1, 0.15) is 19.1 Å². The van der Waals surface area contributed by atoms with Crippen LogP contribution in [0.2, 0.25) is 5.28 Å². The summed E-state index contributed by atoms with van der Waals surface area (Å²) in [5.41, 5.74) is 1.98. The monoisotopic (exact) mass is 408 g/mol. The fourth-order valence-electron chi connectivity index (χ4n) is 3.39. The molecule has 0 aliphatic carbocycles. The minimum Gasteiger partial charge on any atom is -0.493 e. The number of alkyl halides is 1. The van der Waals surface area contributed by atoms with Crippen LogP contribution in [0.3, 0.4) is 0 Å². The number of aromatic nitrogens is 2. The Morgan fingerprint density at radius 3 is 2.68 bits per heavy atom. The van der Waals surface area contributed by atoms with E-state index in [1.54, 1.807) is 7.11 Å². The third-order valence-corrected chi connectivity index (χ3v) is 4.90. The first-order valence-electron chi connectivity index (χ1n) is 9.43. The molecule has 1 N–H and O–H groups in total. The van der Waals surface area contributed by atoms with Crippen molar-refractivity contribution in [2.75, 3.05) is 38.8 Å². The Hall–Kier alpha value is -2.12. The lowest BCUT2D eigenvalue weighted by atomic mass is 10.0. The van der Waals surface area contributed by atoms with Gasteiger partial charge in [-0.05, 0) is 49.1 Å². The highest BCUT2D eigenvalue weighted by molar-refractivity contribution is 6.28. The van der Waals surface area contributed by atoms with Crippen molar-refractivity contribution < 1.29 is 13.9 Å². The molecule has 1 aliphatic heterocycles. The fourth-order valence-corrected chi connectivity index (χ4v) is 3.61. The summed E-state index contributed by atoms with van der Waals surface area (Å²) in [5.74, 6) is 1.99. The molecule has 0 spiro atoms. The van der Waals surface area contributed by atoms with Crippen LogP contribution < -0.4 is 14.8 Å². The molecule has 8 heteroatoms. The van der Waals surface area contributed by atoms with E-state index in [1.165, 1.54) is 0 Å². The second-order valence-corrected chi connectivity index (χ2v) is 7.22. The molecule has 1 aliphatic rings. The number of halogens is 2. The maximum Gasteiger partial charge on any atom is 0.224 e. The first-order valence-corrected chi connectivity index (χ1v) is 9.81. The van der Waals surface area contributed by atoms with Gasteiger partial charge in [0.05, 0.1) is 7.11 Å². The van der Waals surface area contributed by atoms with Gasteiger partial charge in [0.15, 0.2) is 11.5 Å². The summed E-state index contributed by atoms with van der Waals surface area (Å²) in [7, 11) is 1.58. The van der Waals surface area contributed by atoms with Crippen molar-refractivity contribution in [2.45, 2.75) is 32.4 Å². The Morgan fingerprint density at radius 1 is 1.21 bits per heavy atom. The standard InChI is InChI=1S/C20H26ClFN4O2/c1-14-11-19(25-20(21)23-14)24-16-5-8-26(9-6-16)13-15-3-4-17(27-2)18(12-15)28-10-7-22/h3-4,11-12,16H,5-10,13H2,1-2H3,(H,23,24,25). The maximum atomic E-state index is 12.4. The van der Waals surface area contributed by atoms with E-state index in [-0.39, 0.29) is 11.9 Å². The van der Waals surface area contributed by atoms with Gasteiger partial charge in [-0.25, -0.2) is 14.4 Å². The summed E-state index contributed by atoms with van der Waals surface area (Å²) >= 11 is 5.94. The van der Waals surface area contributed by atoms with E-state index in [9.17, 15) is 4.39 Å². The van der Waals surface area contributed by atoms with E-state index in [4.69, 9.17) is 21.1 Å². The highest BCUT2D eigenvalue weighted by Crippen LogP contribution is 2.29. The van der Waals surface area contributed by atoms with Crippen LogP contribution in [0.15, 0.2) is 24.3 Å². The summed E-state index contributed by atoms with van der Waals surface area (Å²) in [4.78, 5) is 10.7. The first kappa shape index (κ1) is 20.6. The fraction of sp³-hybridized carbons (Fsp3) is 0.500. The van der Waals surface area contributed by atoms with Gasteiger partial charge in [0.25, 0.3) is 0 Å². The Balaban J connectivity index is 1.54. The van der Waals surface area contributed by atoms with Crippen molar-refractivity contribution in [3.8, 4) is 11.5 Å². The van der Waals surface area contributed by atoms with Crippen molar-refractivity contribution in [1.29, 1.82) is 0 Å². The molecule has 0 atom stereocenters. The molecule has 1 fully saturated rings. The largest absolute Gasteiger partial charge is 0.493 e. The molecule has 1 aromatic carbocycles. The number of ether oxygens (including phenoxy) is 2. The van der Waals surface area contributed by atoms with Crippen molar-refractivity contribution in [3.05, 3.63) is 40.8 Å². The van der Waals surface area contributed by atoms with Crippen LogP contribution in [0.4, 0.5) is 10.2 Å². The molecule has 0 radical (unpaired) electrons. The quantitative estimate of drug-likeness (QED) is 0.669. The van der Waals surface area contributed by atoms with Gasteiger partial charge < -0.3 is 14.8 Å². The summed E-state index contributed by atoms with van der Waals surface area (Å²) < 4.78 is 23.2. The van der Waals surface area contributed by atoms with Crippen LogP contribution in [0, 0.1) is 6.92 Å². The van der Waals surface area contributed by atoms with Crippen LogP contribution in [-0.4, -0.2) is 54.4 Å². The van der Waals surface area contributed by atoms with Gasteiger partial charge in [-0.1, -0.05) is 6.07 Å². The molecular weight excluding hydrogens is 383 g/mol. The second-order valence-electron chi connectivity index (χ2n) is 6.88. The SMILES string of the molecule is COc1ccc(CN2CCC(Nc3cc(C)nc(Cl)n3)CC2)cc1OCCF. The van der Waals surface area contributed by atoms with Gasteiger partial charge in [-0.15, -0.1) is 0 Å². The van der Waals surface area contributed by atoms with Crippen molar-refractivity contribution in [3.63, 3.8) is 0 Å². The van der Waals surface area contributed by atoms with E-state index in [0.29, 0.717) is 17.5 Å². The number of rotatable bonds is 8. The van der Waals surface area contributed by atoms with Crippen LogP contribution >= 0.6 is 11.6 Å². The van der Waals surface area contributed by atoms with Crippen LogP contribution in [0.5, 0.6) is 11.5 Å². The Bertz CT molecular complexity index is 765. The Morgan fingerprint density at radius 2 is 2.00 bits per heavy atom. The number of anilines is 1. The maximum absolute atomic E-state index is 12.4. The van der Waals surface area contributed by atoms with E-state index in [0.717, 1.165) is 49.6 Å². The second kappa shape index (κ2) is 9.89. The van der Waals surface area contributed by atoms with E-state index in [1.807, 2.05) is 31.2 Å². The summed E-state index contributed by atoms with van der Waals surface area (Å²) in [6, 6.07) is 8.11. The highest BCUT2D eigenvalue weighted by Gasteiger charge is 2.20. The summed E-state index contributed by atoms with van der Waals surface area (Å²) in [5, 5.41) is 3.73. The van der Waals surface area contributed by atoms with Gasteiger partial charge in [-0.3, -0.25) is 4.90 Å². The zero-order valence-electron chi connectivity index (χ0n) is 16.3. The molecule has 152 valence electrons. The van der Waals surface area contributed by atoms with Crippen LogP contribution in [-0.2, 0) is 6.54 Å². The van der Waals surface area contributed by atoms with E-state index >= 15 is 0 Å². The molecule has 0 bridgehead atoms. The minimum absolute atomic E-state index is 0.0312. The van der Waals surface area contributed by atoms with Crippen LogP contribution in [0.25, 0.3) is 0 Å². The molecule has 3 rings (SSSR count). The number of piperidine rings is 1. The molecule has 28 heavy (non-hydrogen) atoms. The molecule has 2 heterocycles. The summed E-state index contributed by atoms with van der Waals surface area (Å²) in [6.07, 6.45) is 2.03. The summed E-state index contributed by atoms with van der Waals surface area (Å²) in [6.45, 7) is 4.18. The highest BCUT2D eigenvalue weighted by atomic mass is 35.5. The van der Waals surface area contributed by atoms with E-state index < -0.39 is 6.67 Å². The van der Waals surface area contributed by atoms with Gasteiger partial charge >= 0.3 is 0 Å². The Labute approximate surface area is 170 Å². The number of likely N-dealkylation sites (tertiary alicyclic amines) is 1. The molecular formula is C20H26ClFN4O2. The van der Waals surface area contributed by atoms with Crippen molar-refractivity contribution in [1.82, 2.24) is 14.9 Å². The van der Waals surface area contributed by atoms with Gasteiger partial charge in [0.2, 0.25) is 5.28 Å². The van der Waals surface area contributed by atoms with Gasteiger partial charge in [0, 0.05) is 37.4 Å². The number of hydrogen-bond acceptors (Lipinski definition) is 6. The molecule has 1 aromatic heterocycles. The number of nitrogens with one attached hydrogen (secondary N) is 1. The topological polar surface area (TPSA) is 59.5 Å². The third kappa shape index (κ3) is 5.69. The number of aryl methyl sites for hydroxylation is 1. The zero-order chi connectivity index (χ0) is 19.9. The average molecular weight is 409 g/mol. The smallest absolute Gasteiger partial charge is 0.224 e. The normalized spacial score (nSPS) is 15.4. The van der Waals surface area contributed by atoms with Crippen molar-refractivity contribution >= 4 is 17.4 Å². The minimum atomic E-state index is -0.523. The lowest BCUT2D eigenvalue weighted by Gasteiger charge is -2.32. The lowest BCUT2D eigenvalue weighted by molar-refractivity contribution is 0.210. The number of nitrogens with zero attached hydrogens (tertiary/aromatic N) is 3. The first-order chi connectivity index (χ1) is 13.6.